The third kappa shape index (κ3) is 2.53. The highest BCUT2D eigenvalue weighted by molar-refractivity contribution is 14.1. The fourth-order valence-electron chi connectivity index (χ4n) is 1.46. The second-order valence-corrected chi connectivity index (χ2v) is 5.79. The van der Waals surface area contributed by atoms with E-state index in [0.29, 0.717) is 6.04 Å². The monoisotopic (exact) mass is 379 g/mol. The van der Waals surface area contributed by atoms with Gasteiger partial charge in [-0.05, 0) is 69.6 Å². The Morgan fingerprint density at radius 2 is 2.20 bits per heavy atom. The van der Waals surface area contributed by atoms with Crippen LogP contribution in [0.1, 0.15) is 23.2 Å². The van der Waals surface area contributed by atoms with Crippen LogP contribution in [0.15, 0.2) is 22.7 Å². The van der Waals surface area contributed by atoms with Crippen molar-refractivity contribution < 1.29 is 4.79 Å². The molecule has 0 N–H and O–H groups in total. The van der Waals surface area contributed by atoms with Crippen LogP contribution in [0, 0.1) is 3.57 Å². The molecule has 0 aromatic heterocycles. The van der Waals surface area contributed by atoms with Crippen LogP contribution in [-0.2, 0) is 0 Å². The topological polar surface area (TPSA) is 20.3 Å². The van der Waals surface area contributed by atoms with Crippen LogP contribution in [-0.4, -0.2) is 23.9 Å². The molecule has 0 saturated heterocycles. The average Bonchev–Trinajstić information content (AvgIpc) is 3.03. The first-order valence-corrected chi connectivity index (χ1v) is 6.69. The Morgan fingerprint density at radius 3 is 2.73 bits per heavy atom. The maximum atomic E-state index is 12.0. The van der Waals surface area contributed by atoms with E-state index in [1.54, 1.807) is 0 Å². The van der Waals surface area contributed by atoms with Crippen LogP contribution >= 0.6 is 38.5 Å². The minimum atomic E-state index is 0.120. The molecule has 1 aromatic rings. The Balaban J connectivity index is 2.21. The van der Waals surface area contributed by atoms with Gasteiger partial charge in [0, 0.05) is 26.7 Å². The molecule has 1 fully saturated rings. The standard InChI is InChI=1S/C11H11BrINO/c1-14(8-3-4-8)11(15)7-2-5-10(13)9(12)6-7/h2,5-6,8H,3-4H2,1H3. The SMILES string of the molecule is CN(C(=O)c1ccc(I)c(Br)c1)C1CC1. The summed E-state index contributed by atoms with van der Waals surface area (Å²) in [6.45, 7) is 0. The summed E-state index contributed by atoms with van der Waals surface area (Å²) in [5.41, 5.74) is 0.761. The van der Waals surface area contributed by atoms with Crippen molar-refractivity contribution in [1.29, 1.82) is 0 Å². The molecule has 1 aliphatic carbocycles. The number of amides is 1. The van der Waals surface area contributed by atoms with Gasteiger partial charge in [0.05, 0.1) is 0 Å². The van der Waals surface area contributed by atoms with Gasteiger partial charge in [-0.25, -0.2) is 0 Å². The second-order valence-electron chi connectivity index (χ2n) is 3.78. The lowest BCUT2D eigenvalue weighted by Crippen LogP contribution is -2.28. The maximum Gasteiger partial charge on any atom is 0.253 e. The molecule has 80 valence electrons. The summed E-state index contributed by atoms with van der Waals surface area (Å²) >= 11 is 5.67. The molecule has 1 aromatic carbocycles. The zero-order chi connectivity index (χ0) is 11.0. The zero-order valence-electron chi connectivity index (χ0n) is 8.34. The van der Waals surface area contributed by atoms with Crippen molar-refractivity contribution in [2.75, 3.05) is 7.05 Å². The van der Waals surface area contributed by atoms with E-state index in [4.69, 9.17) is 0 Å². The molecule has 15 heavy (non-hydrogen) atoms. The molecule has 1 saturated carbocycles. The minimum Gasteiger partial charge on any atom is -0.339 e. The van der Waals surface area contributed by atoms with Gasteiger partial charge in [-0.2, -0.15) is 0 Å². The van der Waals surface area contributed by atoms with Crippen LogP contribution in [0.5, 0.6) is 0 Å². The van der Waals surface area contributed by atoms with Gasteiger partial charge in [0.2, 0.25) is 0 Å². The lowest BCUT2D eigenvalue weighted by molar-refractivity contribution is 0.0785. The highest BCUT2D eigenvalue weighted by Crippen LogP contribution is 2.27. The molecular weight excluding hydrogens is 369 g/mol. The second kappa shape index (κ2) is 4.41. The highest BCUT2D eigenvalue weighted by Gasteiger charge is 2.30. The molecule has 0 bridgehead atoms. The van der Waals surface area contributed by atoms with E-state index in [-0.39, 0.29) is 5.91 Å². The predicted octanol–water partition coefficient (Wildman–Crippen LogP) is 3.29. The lowest BCUT2D eigenvalue weighted by Gasteiger charge is -2.16. The van der Waals surface area contributed by atoms with Crippen LogP contribution in [0.4, 0.5) is 0 Å². The number of carbonyl (C=O) groups excluding carboxylic acids is 1. The van der Waals surface area contributed by atoms with E-state index in [1.165, 1.54) is 0 Å². The van der Waals surface area contributed by atoms with E-state index in [9.17, 15) is 4.79 Å². The summed E-state index contributed by atoms with van der Waals surface area (Å²) < 4.78 is 2.11. The molecular formula is C11H11BrINO. The Kier molecular flexibility index (Phi) is 3.35. The van der Waals surface area contributed by atoms with E-state index in [1.807, 2.05) is 30.1 Å². The van der Waals surface area contributed by atoms with Crippen molar-refractivity contribution in [3.63, 3.8) is 0 Å². The van der Waals surface area contributed by atoms with Crippen molar-refractivity contribution in [2.45, 2.75) is 18.9 Å². The Labute approximate surface area is 111 Å². The molecule has 0 radical (unpaired) electrons. The third-order valence-electron chi connectivity index (χ3n) is 2.58. The largest absolute Gasteiger partial charge is 0.339 e. The fraction of sp³-hybridized carbons (Fsp3) is 0.364. The van der Waals surface area contributed by atoms with Gasteiger partial charge in [0.25, 0.3) is 5.91 Å². The number of nitrogens with zero attached hydrogens (tertiary/aromatic N) is 1. The van der Waals surface area contributed by atoms with Gasteiger partial charge in [-0.3, -0.25) is 4.79 Å². The number of halogens is 2. The van der Waals surface area contributed by atoms with Gasteiger partial charge < -0.3 is 4.90 Å². The van der Waals surface area contributed by atoms with E-state index >= 15 is 0 Å². The lowest BCUT2D eigenvalue weighted by atomic mass is 10.2. The number of hydrogen-bond donors (Lipinski definition) is 0. The van der Waals surface area contributed by atoms with Crippen LogP contribution < -0.4 is 0 Å². The molecule has 1 amide bonds. The Hall–Kier alpha value is -0.100. The number of rotatable bonds is 2. The molecule has 0 heterocycles. The van der Waals surface area contributed by atoms with Crippen molar-refractivity contribution in [3.05, 3.63) is 31.8 Å². The first kappa shape index (κ1) is 11.4. The quantitative estimate of drug-likeness (QED) is 0.722. The molecule has 0 aliphatic heterocycles. The third-order valence-corrected chi connectivity index (χ3v) is 4.92. The van der Waals surface area contributed by atoms with E-state index in [2.05, 4.69) is 38.5 Å². The molecule has 2 rings (SSSR count). The summed E-state index contributed by atoms with van der Waals surface area (Å²) in [5.74, 6) is 0.120. The van der Waals surface area contributed by atoms with Crippen molar-refractivity contribution in [2.24, 2.45) is 0 Å². The van der Waals surface area contributed by atoms with Crippen LogP contribution in [0.2, 0.25) is 0 Å². The summed E-state index contributed by atoms with van der Waals surface area (Å²) in [6, 6.07) is 6.20. The van der Waals surface area contributed by atoms with Gasteiger partial charge in [-0.15, -0.1) is 0 Å². The molecule has 0 atom stereocenters. The van der Waals surface area contributed by atoms with Crippen molar-refractivity contribution in [3.8, 4) is 0 Å². The van der Waals surface area contributed by atoms with Crippen LogP contribution in [0.3, 0.4) is 0 Å². The maximum absolute atomic E-state index is 12.0. The number of hydrogen-bond acceptors (Lipinski definition) is 1. The van der Waals surface area contributed by atoms with Crippen molar-refractivity contribution >= 4 is 44.4 Å². The summed E-state index contributed by atoms with van der Waals surface area (Å²) in [6.07, 6.45) is 2.29. The van der Waals surface area contributed by atoms with Gasteiger partial charge in [-0.1, -0.05) is 0 Å². The Morgan fingerprint density at radius 1 is 1.53 bits per heavy atom. The van der Waals surface area contributed by atoms with Crippen LogP contribution in [0.25, 0.3) is 0 Å². The first-order chi connectivity index (χ1) is 7.09. The predicted molar refractivity (Wildman–Crippen MR) is 72.0 cm³/mol. The highest BCUT2D eigenvalue weighted by atomic mass is 127. The smallest absolute Gasteiger partial charge is 0.253 e. The Bertz CT molecular complexity index is 404. The van der Waals surface area contributed by atoms with E-state index < -0.39 is 0 Å². The van der Waals surface area contributed by atoms with E-state index in [0.717, 1.165) is 26.4 Å². The first-order valence-electron chi connectivity index (χ1n) is 4.82. The zero-order valence-corrected chi connectivity index (χ0v) is 12.1. The fourth-order valence-corrected chi connectivity index (χ4v) is 2.17. The molecule has 0 spiro atoms. The van der Waals surface area contributed by atoms with Gasteiger partial charge in [0.1, 0.15) is 0 Å². The van der Waals surface area contributed by atoms with Gasteiger partial charge in [0.15, 0.2) is 0 Å². The van der Waals surface area contributed by atoms with Gasteiger partial charge >= 0.3 is 0 Å². The minimum absolute atomic E-state index is 0.120. The molecule has 1 aliphatic rings. The summed E-state index contributed by atoms with van der Waals surface area (Å²) in [5, 5.41) is 0. The molecule has 4 heteroatoms. The number of carbonyl (C=O) groups is 1. The van der Waals surface area contributed by atoms with Crippen molar-refractivity contribution in [1.82, 2.24) is 4.90 Å². The average molecular weight is 380 g/mol. The number of benzene rings is 1. The summed E-state index contributed by atoms with van der Waals surface area (Å²) in [4.78, 5) is 13.8. The molecule has 0 unspecified atom stereocenters. The molecule has 2 nitrogen and oxygen atoms in total. The summed E-state index contributed by atoms with van der Waals surface area (Å²) in [7, 11) is 1.88. The normalized spacial score (nSPS) is 15.1.